The maximum absolute atomic E-state index is 13.3. The summed E-state index contributed by atoms with van der Waals surface area (Å²) in [6.45, 7) is 2.87. The number of nitrogens with zero attached hydrogens (tertiary/aromatic N) is 1. The maximum Gasteiger partial charge on any atom is 0.322 e. The van der Waals surface area contributed by atoms with E-state index in [-0.39, 0.29) is 30.7 Å². The predicted molar refractivity (Wildman–Crippen MR) is 116 cm³/mol. The van der Waals surface area contributed by atoms with E-state index in [9.17, 15) is 9.18 Å². The first-order valence-electron chi connectivity index (χ1n) is 10.9. The molecule has 0 saturated carbocycles. The molecule has 1 N–H and O–H groups in total. The van der Waals surface area contributed by atoms with Gasteiger partial charge in [-0.15, -0.1) is 0 Å². The number of anilines is 1. The summed E-state index contributed by atoms with van der Waals surface area (Å²) < 4.78 is 30.6. The number of hydrogen-bond donors (Lipinski definition) is 1. The summed E-state index contributed by atoms with van der Waals surface area (Å²) in [7, 11) is 0. The summed E-state index contributed by atoms with van der Waals surface area (Å²) in [5.41, 5.74) is 1.39. The van der Waals surface area contributed by atoms with Crippen LogP contribution in [0.3, 0.4) is 0 Å². The van der Waals surface area contributed by atoms with Crippen molar-refractivity contribution in [2.45, 2.75) is 44.5 Å². The van der Waals surface area contributed by atoms with E-state index in [1.165, 1.54) is 12.1 Å². The van der Waals surface area contributed by atoms with Gasteiger partial charge in [-0.25, -0.2) is 9.18 Å². The molecule has 2 heterocycles. The van der Waals surface area contributed by atoms with E-state index in [0.717, 1.165) is 44.5 Å². The average molecular weight is 429 g/mol. The lowest BCUT2D eigenvalue weighted by atomic mass is 10.2. The zero-order valence-electron chi connectivity index (χ0n) is 17.6. The Kier molecular flexibility index (Phi) is 7.38. The number of amides is 2. The predicted octanol–water partition coefficient (Wildman–Crippen LogP) is 4.60. The van der Waals surface area contributed by atoms with E-state index in [4.69, 9.17) is 14.2 Å². The Morgan fingerprint density at radius 1 is 1.03 bits per heavy atom. The van der Waals surface area contributed by atoms with Gasteiger partial charge in [0.1, 0.15) is 18.2 Å². The van der Waals surface area contributed by atoms with E-state index >= 15 is 0 Å². The minimum atomic E-state index is -0.292. The van der Waals surface area contributed by atoms with E-state index in [2.05, 4.69) is 5.32 Å². The Hall–Kier alpha value is -2.64. The van der Waals surface area contributed by atoms with Crippen LogP contribution in [0.2, 0.25) is 0 Å². The number of urea groups is 1. The van der Waals surface area contributed by atoms with Crippen LogP contribution in [0.15, 0.2) is 48.5 Å². The summed E-state index contributed by atoms with van der Waals surface area (Å²) in [5.74, 6) is 0.312. The largest absolute Gasteiger partial charge is 0.489 e. The lowest BCUT2D eigenvalue weighted by molar-refractivity contribution is 0.0524. The molecule has 2 aromatic rings. The molecule has 0 aliphatic carbocycles. The fourth-order valence-corrected chi connectivity index (χ4v) is 3.97. The van der Waals surface area contributed by atoms with Crippen molar-refractivity contribution in [1.82, 2.24) is 4.90 Å². The molecule has 2 aliphatic heterocycles. The fraction of sp³-hybridized carbons (Fsp3) is 0.458. The van der Waals surface area contributed by atoms with Crippen LogP contribution in [0.4, 0.5) is 14.9 Å². The van der Waals surface area contributed by atoms with Crippen molar-refractivity contribution in [3.05, 3.63) is 59.9 Å². The zero-order chi connectivity index (χ0) is 21.5. The highest BCUT2D eigenvalue weighted by Gasteiger charge is 2.27. The molecule has 2 saturated heterocycles. The van der Waals surface area contributed by atoms with E-state index in [1.54, 1.807) is 17.0 Å². The molecule has 0 spiro atoms. The molecule has 166 valence electrons. The van der Waals surface area contributed by atoms with Gasteiger partial charge in [0.15, 0.2) is 0 Å². The van der Waals surface area contributed by atoms with Crippen LogP contribution in [-0.2, 0) is 16.1 Å². The molecule has 2 aliphatic rings. The number of carbonyl (C=O) groups excluding carboxylic acids is 1. The van der Waals surface area contributed by atoms with Crippen molar-refractivity contribution in [2.24, 2.45) is 0 Å². The van der Waals surface area contributed by atoms with Crippen molar-refractivity contribution in [3.63, 3.8) is 0 Å². The minimum Gasteiger partial charge on any atom is -0.489 e. The first-order chi connectivity index (χ1) is 15.2. The molecule has 2 aromatic carbocycles. The van der Waals surface area contributed by atoms with Gasteiger partial charge in [0.2, 0.25) is 0 Å². The molecule has 0 bridgehead atoms. The van der Waals surface area contributed by atoms with Crippen LogP contribution in [0.1, 0.15) is 31.2 Å². The standard InChI is InChI=1S/C24H29FN2O4/c25-19-6-1-5-18(13-19)17-31-21-8-2-7-20(14-21)26-24(28)27(15-22-9-3-11-29-22)16-23-10-4-12-30-23/h1-2,5-8,13-14,22-23H,3-4,9-12,15-17H2,(H,26,28). The second-order valence-corrected chi connectivity index (χ2v) is 8.05. The Bertz CT molecular complexity index is 848. The zero-order valence-corrected chi connectivity index (χ0v) is 17.6. The van der Waals surface area contributed by atoms with Gasteiger partial charge >= 0.3 is 6.03 Å². The van der Waals surface area contributed by atoms with Gasteiger partial charge in [0.05, 0.1) is 12.2 Å². The average Bonchev–Trinajstić information content (AvgIpc) is 3.46. The highest BCUT2D eigenvalue weighted by molar-refractivity contribution is 5.89. The van der Waals surface area contributed by atoms with Crippen molar-refractivity contribution in [2.75, 3.05) is 31.6 Å². The number of hydrogen-bond acceptors (Lipinski definition) is 4. The molecule has 2 unspecified atom stereocenters. The lowest BCUT2D eigenvalue weighted by Crippen LogP contribution is -2.44. The molecule has 6 nitrogen and oxygen atoms in total. The van der Waals surface area contributed by atoms with Crippen LogP contribution < -0.4 is 10.1 Å². The molecular formula is C24H29FN2O4. The second-order valence-electron chi connectivity index (χ2n) is 8.05. The van der Waals surface area contributed by atoms with E-state index in [0.29, 0.717) is 24.5 Å². The monoisotopic (exact) mass is 428 g/mol. The van der Waals surface area contributed by atoms with Crippen LogP contribution in [0, 0.1) is 5.82 Å². The Balaban J connectivity index is 1.37. The normalized spacial score (nSPS) is 20.5. The molecule has 2 atom stereocenters. The summed E-state index contributed by atoms with van der Waals surface area (Å²) in [6, 6.07) is 13.4. The van der Waals surface area contributed by atoms with Crippen molar-refractivity contribution in [1.29, 1.82) is 0 Å². The van der Waals surface area contributed by atoms with Gasteiger partial charge < -0.3 is 24.4 Å². The van der Waals surface area contributed by atoms with Crippen molar-refractivity contribution in [3.8, 4) is 5.75 Å². The third-order valence-corrected chi connectivity index (χ3v) is 5.56. The minimum absolute atomic E-state index is 0.0769. The van der Waals surface area contributed by atoms with Gasteiger partial charge in [0, 0.05) is 38.1 Å². The molecule has 4 rings (SSSR count). The Labute approximate surface area is 182 Å². The molecule has 0 radical (unpaired) electrons. The number of benzene rings is 2. The lowest BCUT2D eigenvalue weighted by Gasteiger charge is -2.28. The van der Waals surface area contributed by atoms with Crippen molar-refractivity contribution >= 4 is 11.7 Å². The SMILES string of the molecule is O=C(Nc1cccc(OCc2cccc(F)c2)c1)N(CC1CCCO1)CC1CCCO1. The van der Waals surface area contributed by atoms with Crippen LogP contribution >= 0.6 is 0 Å². The molecule has 7 heteroatoms. The third kappa shape index (κ3) is 6.42. The number of carbonyl (C=O) groups is 1. The number of nitrogens with one attached hydrogen (secondary N) is 1. The molecule has 2 amide bonds. The summed E-state index contributed by atoms with van der Waals surface area (Å²) in [6.07, 6.45) is 4.16. The Morgan fingerprint density at radius 2 is 1.74 bits per heavy atom. The highest BCUT2D eigenvalue weighted by atomic mass is 19.1. The highest BCUT2D eigenvalue weighted by Crippen LogP contribution is 2.21. The Morgan fingerprint density at radius 3 is 2.39 bits per heavy atom. The number of rotatable bonds is 8. The summed E-state index contributed by atoms with van der Waals surface area (Å²) >= 11 is 0. The molecular weight excluding hydrogens is 399 g/mol. The first-order valence-corrected chi connectivity index (χ1v) is 10.9. The summed E-state index contributed by atoms with van der Waals surface area (Å²) in [5, 5.41) is 2.97. The topological polar surface area (TPSA) is 60.0 Å². The summed E-state index contributed by atoms with van der Waals surface area (Å²) in [4.78, 5) is 14.8. The van der Waals surface area contributed by atoms with E-state index in [1.807, 2.05) is 24.3 Å². The van der Waals surface area contributed by atoms with Gasteiger partial charge in [-0.05, 0) is 55.5 Å². The van der Waals surface area contributed by atoms with Crippen LogP contribution in [-0.4, -0.2) is 49.4 Å². The number of halogens is 1. The van der Waals surface area contributed by atoms with Crippen LogP contribution in [0.25, 0.3) is 0 Å². The molecule has 2 fully saturated rings. The van der Waals surface area contributed by atoms with E-state index < -0.39 is 0 Å². The molecule has 0 aromatic heterocycles. The molecule has 31 heavy (non-hydrogen) atoms. The van der Waals surface area contributed by atoms with Gasteiger partial charge in [-0.2, -0.15) is 0 Å². The maximum atomic E-state index is 13.3. The smallest absolute Gasteiger partial charge is 0.322 e. The van der Waals surface area contributed by atoms with Crippen molar-refractivity contribution < 1.29 is 23.4 Å². The van der Waals surface area contributed by atoms with Gasteiger partial charge in [0.25, 0.3) is 0 Å². The quantitative estimate of drug-likeness (QED) is 0.668. The van der Waals surface area contributed by atoms with Gasteiger partial charge in [-0.1, -0.05) is 18.2 Å². The van der Waals surface area contributed by atoms with Gasteiger partial charge in [-0.3, -0.25) is 0 Å². The first kappa shape index (κ1) is 21.6. The third-order valence-electron chi connectivity index (χ3n) is 5.56. The van der Waals surface area contributed by atoms with Crippen LogP contribution in [0.5, 0.6) is 5.75 Å². The fourth-order valence-electron chi connectivity index (χ4n) is 3.97. The second kappa shape index (κ2) is 10.6. The number of ether oxygens (including phenoxy) is 3.